The van der Waals surface area contributed by atoms with Gasteiger partial charge in [-0.1, -0.05) is 0 Å². The number of hydrazone groups is 1. The van der Waals surface area contributed by atoms with Crippen LogP contribution in [0.2, 0.25) is 0 Å². The Bertz CT molecular complexity index is 1050. The second-order valence-electron chi connectivity index (χ2n) is 9.75. The van der Waals surface area contributed by atoms with Crippen molar-refractivity contribution in [2.45, 2.75) is 57.5 Å². The van der Waals surface area contributed by atoms with E-state index < -0.39 is 17.9 Å². The summed E-state index contributed by atoms with van der Waals surface area (Å²) < 4.78 is 0. The fourth-order valence-corrected chi connectivity index (χ4v) is 5.27. The average molecular weight is 481 g/mol. The zero-order valence-electron chi connectivity index (χ0n) is 19.9. The van der Waals surface area contributed by atoms with Crippen LogP contribution in [0.25, 0.3) is 0 Å². The Morgan fingerprint density at radius 3 is 2.74 bits per heavy atom. The molecule has 5 heterocycles. The normalized spacial score (nSPS) is 27.0. The first kappa shape index (κ1) is 23.3. The number of aliphatic imine (C=N–C) groups is 2. The van der Waals surface area contributed by atoms with E-state index in [-0.39, 0.29) is 18.2 Å². The van der Waals surface area contributed by atoms with Crippen LogP contribution < -0.4 is 15.6 Å². The molecule has 3 unspecified atom stereocenters. The summed E-state index contributed by atoms with van der Waals surface area (Å²) in [6.45, 7) is 4.67. The molecule has 0 spiro atoms. The van der Waals surface area contributed by atoms with E-state index in [4.69, 9.17) is 15.1 Å². The lowest BCUT2D eigenvalue weighted by atomic mass is 9.93. The summed E-state index contributed by atoms with van der Waals surface area (Å²) in [5.41, 5.74) is 3.28. The van der Waals surface area contributed by atoms with Crippen molar-refractivity contribution in [1.82, 2.24) is 15.3 Å². The zero-order chi connectivity index (χ0) is 24.4. The van der Waals surface area contributed by atoms with Crippen LogP contribution in [0, 0.1) is 11.8 Å². The fraction of sp³-hybridized carbons (Fsp3) is 0.583. The smallest absolute Gasteiger partial charge is 0.303 e. The van der Waals surface area contributed by atoms with Gasteiger partial charge in [0.05, 0.1) is 18.1 Å². The summed E-state index contributed by atoms with van der Waals surface area (Å²) in [5.74, 6) is 0.758. The highest BCUT2D eigenvalue weighted by atomic mass is 16.4. The first-order chi connectivity index (χ1) is 17.0. The third kappa shape index (κ3) is 5.13. The number of likely N-dealkylation sites (tertiary alicyclic amines) is 1. The number of fused-ring (bicyclic) bond motifs is 1. The third-order valence-electron chi connectivity index (χ3n) is 7.29. The number of amidine groups is 1. The van der Waals surface area contributed by atoms with Crippen molar-refractivity contribution in [3.63, 3.8) is 0 Å². The van der Waals surface area contributed by atoms with Gasteiger partial charge < -0.3 is 20.2 Å². The van der Waals surface area contributed by atoms with Crippen LogP contribution >= 0.6 is 0 Å². The number of piperidine rings is 2. The molecule has 0 aliphatic carbocycles. The average Bonchev–Trinajstić information content (AvgIpc) is 2.85. The number of hydrogen-bond acceptors (Lipinski definition) is 9. The molecule has 11 heteroatoms. The molecule has 4 aliphatic rings. The minimum Gasteiger partial charge on any atom is -0.481 e. The Morgan fingerprint density at radius 1 is 1.20 bits per heavy atom. The maximum atomic E-state index is 12.6. The van der Waals surface area contributed by atoms with Crippen LogP contribution in [0.3, 0.4) is 0 Å². The van der Waals surface area contributed by atoms with E-state index in [2.05, 4.69) is 37.6 Å². The largest absolute Gasteiger partial charge is 0.481 e. The highest BCUT2D eigenvalue weighted by Crippen LogP contribution is 2.27. The molecule has 1 aromatic heterocycles. The minimum atomic E-state index is -0.731. The summed E-state index contributed by atoms with van der Waals surface area (Å²) in [6.07, 6.45) is 8.75. The van der Waals surface area contributed by atoms with Gasteiger partial charge in [0.2, 0.25) is 5.96 Å². The Labute approximate surface area is 204 Å². The molecule has 0 aromatic carbocycles. The van der Waals surface area contributed by atoms with E-state index >= 15 is 0 Å². The molecular formula is C24H32N8O3. The first-order valence-electron chi connectivity index (χ1n) is 12.4. The van der Waals surface area contributed by atoms with Crippen molar-refractivity contribution in [2.24, 2.45) is 26.9 Å². The predicted octanol–water partition coefficient (Wildman–Crippen LogP) is 1.93. The standard InChI is InChI=1S/C24H32N8O3/c1-15-4-2-3-9-32(15)24-28-18-14-26-30-23(35)21(18)22(29-24)27-17-5-6-19(25-13-17)31-10-7-16(8-11-31)12-20(33)34/h5-6,13-16,18,21H,2-4,7-12H2,1H3,(H,30,35)(H,33,34)(H,27,28,29). The number of anilines is 2. The molecule has 2 saturated heterocycles. The Kier molecular flexibility index (Phi) is 6.65. The SMILES string of the molecule is CC1CCCCN1C1=NC2C=NNC(=O)C2C(Nc2ccc(N3CCC(CC(=O)O)CC3)nc2)=N1. The van der Waals surface area contributed by atoms with Gasteiger partial charge in [0.25, 0.3) is 5.91 Å². The molecule has 186 valence electrons. The molecule has 1 aromatic rings. The van der Waals surface area contributed by atoms with E-state index in [9.17, 15) is 9.59 Å². The monoisotopic (exact) mass is 480 g/mol. The highest BCUT2D eigenvalue weighted by molar-refractivity contribution is 6.17. The lowest BCUT2D eigenvalue weighted by Gasteiger charge is -2.37. The van der Waals surface area contributed by atoms with Crippen molar-refractivity contribution < 1.29 is 14.7 Å². The molecule has 5 rings (SSSR count). The number of hydrogen-bond donors (Lipinski definition) is 3. The number of aliphatic carboxylic acids is 1. The Morgan fingerprint density at radius 2 is 2.03 bits per heavy atom. The minimum absolute atomic E-state index is 0.227. The quantitative estimate of drug-likeness (QED) is 0.599. The molecule has 0 radical (unpaired) electrons. The van der Waals surface area contributed by atoms with E-state index in [0.717, 1.165) is 56.8 Å². The predicted molar refractivity (Wildman–Crippen MR) is 134 cm³/mol. The summed E-state index contributed by atoms with van der Waals surface area (Å²) in [7, 11) is 0. The number of carboxylic acids is 1. The van der Waals surface area contributed by atoms with Gasteiger partial charge in [-0.05, 0) is 57.1 Å². The summed E-state index contributed by atoms with van der Waals surface area (Å²) in [4.78, 5) is 42.2. The number of amides is 1. The molecular weight excluding hydrogens is 448 g/mol. The molecule has 3 N–H and O–H groups in total. The number of carbonyl (C=O) groups excluding carboxylic acids is 1. The lowest BCUT2D eigenvalue weighted by Crippen LogP contribution is -2.52. The van der Waals surface area contributed by atoms with Gasteiger partial charge in [0.15, 0.2) is 0 Å². The molecule has 0 saturated carbocycles. The second kappa shape index (κ2) is 10.0. The van der Waals surface area contributed by atoms with E-state index in [1.54, 1.807) is 12.4 Å². The maximum Gasteiger partial charge on any atom is 0.303 e. The number of nitrogens with zero attached hydrogens (tertiary/aromatic N) is 6. The number of pyridine rings is 1. The van der Waals surface area contributed by atoms with Crippen LogP contribution in [-0.2, 0) is 9.59 Å². The number of guanidine groups is 1. The number of rotatable bonds is 4. The van der Waals surface area contributed by atoms with Gasteiger partial charge in [-0.15, -0.1) is 0 Å². The van der Waals surface area contributed by atoms with Gasteiger partial charge >= 0.3 is 5.97 Å². The van der Waals surface area contributed by atoms with Gasteiger partial charge in [-0.2, -0.15) is 10.1 Å². The zero-order valence-corrected chi connectivity index (χ0v) is 19.9. The van der Waals surface area contributed by atoms with E-state index in [1.165, 1.54) is 6.42 Å². The topological polar surface area (TPSA) is 135 Å². The molecule has 35 heavy (non-hydrogen) atoms. The van der Waals surface area contributed by atoms with Crippen LogP contribution in [0.5, 0.6) is 0 Å². The summed E-state index contributed by atoms with van der Waals surface area (Å²) in [5, 5.41) is 16.3. The van der Waals surface area contributed by atoms with Crippen LogP contribution in [0.15, 0.2) is 33.4 Å². The number of aromatic nitrogens is 1. The van der Waals surface area contributed by atoms with E-state index in [1.807, 2.05) is 12.1 Å². The van der Waals surface area contributed by atoms with Crippen molar-refractivity contribution in [1.29, 1.82) is 0 Å². The van der Waals surface area contributed by atoms with E-state index in [0.29, 0.717) is 17.8 Å². The number of carboxylic acid groups (broad SMARTS) is 1. The number of carbonyl (C=O) groups is 2. The van der Waals surface area contributed by atoms with Crippen LogP contribution in [0.4, 0.5) is 11.5 Å². The van der Waals surface area contributed by atoms with Gasteiger partial charge in [-0.3, -0.25) is 9.59 Å². The van der Waals surface area contributed by atoms with Crippen molar-refractivity contribution in [2.75, 3.05) is 29.9 Å². The molecule has 3 atom stereocenters. The van der Waals surface area contributed by atoms with Crippen LogP contribution in [-0.4, -0.2) is 76.6 Å². The Hall–Kier alpha value is -3.50. The molecule has 11 nitrogen and oxygen atoms in total. The second-order valence-corrected chi connectivity index (χ2v) is 9.75. The lowest BCUT2D eigenvalue weighted by molar-refractivity contribution is -0.138. The first-order valence-corrected chi connectivity index (χ1v) is 12.4. The van der Waals surface area contributed by atoms with Gasteiger partial charge in [0, 0.05) is 32.1 Å². The number of nitrogens with one attached hydrogen (secondary N) is 2. The van der Waals surface area contributed by atoms with Gasteiger partial charge in [0.1, 0.15) is 23.6 Å². The highest BCUT2D eigenvalue weighted by Gasteiger charge is 2.39. The summed E-state index contributed by atoms with van der Waals surface area (Å²) >= 11 is 0. The van der Waals surface area contributed by atoms with Crippen molar-refractivity contribution in [3.8, 4) is 0 Å². The van der Waals surface area contributed by atoms with Gasteiger partial charge in [-0.25, -0.2) is 15.4 Å². The third-order valence-corrected chi connectivity index (χ3v) is 7.29. The molecule has 1 amide bonds. The fourth-order valence-electron chi connectivity index (χ4n) is 5.27. The molecule has 4 aliphatic heterocycles. The van der Waals surface area contributed by atoms with Crippen LogP contribution in [0.1, 0.15) is 45.4 Å². The Balaban J connectivity index is 1.30. The van der Waals surface area contributed by atoms with Crippen molar-refractivity contribution in [3.05, 3.63) is 18.3 Å². The summed E-state index contributed by atoms with van der Waals surface area (Å²) in [6, 6.07) is 3.84. The van der Waals surface area contributed by atoms with Crippen molar-refractivity contribution >= 4 is 41.4 Å². The molecule has 0 bridgehead atoms. The maximum absolute atomic E-state index is 12.6. The molecule has 2 fully saturated rings.